The molecule has 0 bridgehead atoms. The summed E-state index contributed by atoms with van der Waals surface area (Å²) in [5, 5.41) is 13.4. The summed E-state index contributed by atoms with van der Waals surface area (Å²) in [4.78, 5) is 24.9. The fraction of sp³-hybridized carbons (Fsp3) is 0.312. The average Bonchev–Trinajstić information content (AvgIpc) is 3.07. The number of nitro groups is 1. The molecule has 1 aliphatic heterocycles. The SMILES string of the molecule is O=C(Nc1ccc(N2CCCCC2)cc1)c1ccc([N+](=O)[O-])s1. The van der Waals surface area contributed by atoms with Crippen LogP contribution in [0.25, 0.3) is 0 Å². The molecule has 0 saturated carbocycles. The fourth-order valence-corrected chi connectivity index (χ4v) is 3.36. The molecule has 0 aliphatic carbocycles. The number of piperidine rings is 1. The summed E-state index contributed by atoms with van der Waals surface area (Å²) in [6.45, 7) is 2.15. The van der Waals surface area contributed by atoms with E-state index < -0.39 is 4.92 Å². The molecule has 0 radical (unpaired) electrons. The van der Waals surface area contributed by atoms with Crippen LogP contribution in [-0.4, -0.2) is 23.9 Å². The molecule has 1 aliphatic rings. The molecular weight excluding hydrogens is 314 g/mol. The second kappa shape index (κ2) is 6.78. The van der Waals surface area contributed by atoms with Crippen molar-refractivity contribution in [3.63, 3.8) is 0 Å². The van der Waals surface area contributed by atoms with E-state index >= 15 is 0 Å². The molecule has 3 rings (SSSR count). The molecule has 1 fully saturated rings. The summed E-state index contributed by atoms with van der Waals surface area (Å²) in [5.41, 5.74) is 1.85. The van der Waals surface area contributed by atoms with Gasteiger partial charge in [0.25, 0.3) is 5.91 Å². The second-order valence-corrected chi connectivity index (χ2v) is 6.51. The van der Waals surface area contributed by atoms with Crippen molar-refractivity contribution >= 4 is 33.6 Å². The summed E-state index contributed by atoms with van der Waals surface area (Å²) in [6.07, 6.45) is 3.73. The van der Waals surface area contributed by atoms with Crippen LogP contribution in [0, 0.1) is 10.1 Å². The number of amides is 1. The maximum absolute atomic E-state index is 12.1. The Labute approximate surface area is 137 Å². The van der Waals surface area contributed by atoms with Crippen LogP contribution in [0.15, 0.2) is 36.4 Å². The number of anilines is 2. The average molecular weight is 331 g/mol. The third-order valence-electron chi connectivity index (χ3n) is 3.84. The van der Waals surface area contributed by atoms with Gasteiger partial charge in [0.15, 0.2) is 0 Å². The standard InChI is InChI=1S/C16H17N3O3S/c20-16(14-8-9-15(23-14)19(21)22)17-12-4-6-13(7-5-12)18-10-2-1-3-11-18/h4-9H,1-3,10-11H2,(H,17,20). The van der Waals surface area contributed by atoms with E-state index in [9.17, 15) is 14.9 Å². The maximum atomic E-state index is 12.1. The first kappa shape index (κ1) is 15.5. The minimum atomic E-state index is -0.491. The molecule has 1 amide bonds. The van der Waals surface area contributed by atoms with Crippen LogP contribution in [0.1, 0.15) is 28.9 Å². The maximum Gasteiger partial charge on any atom is 0.324 e. The molecule has 0 unspecified atom stereocenters. The zero-order valence-corrected chi connectivity index (χ0v) is 13.3. The number of carbonyl (C=O) groups excluding carboxylic acids is 1. The van der Waals surface area contributed by atoms with Crippen LogP contribution in [-0.2, 0) is 0 Å². The van der Waals surface area contributed by atoms with Gasteiger partial charge < -0.3 is 10.2 Å². The van der Waals surface area contributed by atoms with E-state index in [-0.39, 0.29) is 10.9 Å². The Morgan fingerprint density at radius 1 is 1.09 bits per heavy atom. The Balaban J connectivity index is 1.65. The molecule has 6 nitrogen and oxygen atoms in total. The van der Waals surface area contributed by atoms with E-state index in [1.165, 1.54) is 31.4 Å². The fourth-order valence-electron chi connectivity index (χ4n) is 2.65. The number of hydrogen-bond donors (Lipinski definition) is 1. The molecule has 1 N–H and O–H groups in total. The second-order valence-electron chi connectivity index (χ2n) is 5.44. The molecule has 23 heavy (non-hydrogen) atoms. The first-order chi connectivity index (χ1) is 11.1. The van der Waals surface area contributed by atoms with Crippen molar-refractivity contribution in [2.24, 2.45) is 0 Å². The van der Waals surface area contributed by atoms with Crippen LogP contribution in [0.3, 0.4) is 0 Å². The molecule has 7 heteroatoms. The van der Waals surface area contributed by atoms with Gasteiger partial charge in [0.05, 0.1) is 9.80 Å². The number of nitrogens with zero attached hydrogens (tertiary/aromatic N) is 2. The summed E-state index contributed by atoms with van der Waals surface area (Å²) < 4.78 is 0. The van der Waals surface area contributed by atoms with Crippen molar-refractivity contribution < 1.29 is 9.72 Å². The Kier molecular flexibility index (Phi) is 4.57. The smallest absolute Gasteiger partial charge is 0.324 e. The summed E-state index contributed by atoms with van der Waals surface area (Å²) in [5.74, 6) is -0.325. The predicted octanol–water partition coefficient (Wildman–Crippen LogP) is 3.90. The molecular formula is C16H17N3O3S. The molecule has 1 saturated heterocycles. The molecule has 0 atom stereocenters. The van der Waals surface area contributed by atoms with Gasteiger partial charge in [-0.05, 0) is 49.6 Å². The van der Waals surface area contributed by atoms with Crippen LogP contribution in [0.5, 0.6) is 0 Å². The third-order valence-corrected chi connectivity index (χ3v) is 4.88. The van der Waals surface area contributed by atoms with Crippen LogP contribution >= 0.6 is 11.3 Å². The minimum Gasteiger partial charge on any atom is -0.372 e. The van der Waals surface area contributed by atoms with Crippen LogP contribution < -0.4 is 10.2 Å². The van der Waals surface area contributed by atoms with Crippen molar-refractivity contribution in [3.05, 3.63) is 51.4 Å². The molecule has 2 aromatic rings. The lowest BCUT2D eigenvalue weighted by atomic mass is 10.1. The largest absolute Gasteiger partial charge is 0.372 e. The number of benzene rings is 1. The zero-order valence-electron chi connectivity index (χ0n) is 12.5. The zero-order chi connectivity index (χ0) is 16.2. The minimum absolute atomic E-state index is 0.0319. The molecule has 1 aromatic carbocycles. The van der Waals surface area contributed by atoms with Crippen LogP contribution in [0.4, 0.5) is 16.4 Å². The number of carbonyl (C=O) groups is 1. The van der Waals surface area contributed by atoms with E-state index in [0.717, 1.165) is 30.1 Å². The highest BCUT2D eigenvalue weighted by molar-refractivity contribution is 7.17. The van der Waals surface area contributed by atoms with E-state index in [1.54, 1.807) is 0 Å². The first-order valence-corrected chi connectivity index (χ1v) is 8.36. The summed E-state index contributed by atoms with van der Waals surface area (Å²) >= 11 is 0.875. The van der Waals surface area contributed by atoms with Crippen molar-refractivity contribution in [3.8, 4) is 0 Å². The quantitative estimate of drug-likeness (QED) is 0.681. The predicted molar refractivity (Wildman–Crippen MR) is 91.4 cm³/mol. The highest BCUT2D eigenvalue weighted by atomic mass is 32.1. The number of thiophene rings is 1. The molecule has 2 heterocycles. The normalized spacial score (nSPS) is 14.5. The molecule has 1 aromatic heterocycles. The Morgan fingerprint density at radius 2 is 1.78 bits per heavy atom. The topological polar surface area (TPSA) is 75.5 Å². The van der Waals surface area contributed by atoms with Gasteiger partial charge in [0, 0.05) is 30.5 Å². The Hall–Kier alpha value is -2.41. The lowest BCUT2D eigenvalue weighted by Crippen LogP contribution is -2.29. The van der Waals surface area contributed by atoms with Gasteiger partial charge in [-0.15, -0.1) is 0 Å². The van der Waals surface area contributed by atoms with Crippen molar-refractivity contribution in [2.45, 2.75) is 19.3 Å². The van der Waals surface area contributed by atoms with E-state index in [4.69, 9.17) is 0 Å². The molecule has 120 valence electrons. The van der Waals surface area contributed by atoms with Gasteiger partial charge in [-0.2, -0.15) is 0 Å². The van der Waals surface area contributed by atoms with Gasteiger partial charge in [0.1, 0.15) is 0 Å². The van der Waals surface area contributed by atoms with Gasteiger partial charge in [-0.25, -0.2) is 0 Å². The lowest BCUT2D eigenvalue weighted by molar-refractivity contribution is -0.380. The van der Waals surface area contributed by atoms with Gasteiger partial charge in [-0.3, -0.25) is 14.9 Å². The van der Waals surface area contributed by atoms with E-state index in [1.807, 2.05) is 24.3 Å². The number of hydrogen-bond acceptors (Lipinski definition) is 5. The lowest BCUT2D eigenvalue weighted by Gasteiger charge is -2.28. The van der Waals surface area contributed by atoms with Crippen LogP contribution in [0.2, 0.25) is 0 Å². The summed E-state index contributed by atoms with van der Waals surface area (Å²) in [7, 11) is 0. The van der Waals surface area contributed by atoms with E-state index in [2.05, 4.69) is 10.2 Å². The number of rotatable bonds is 4. The van der Waals surface area contributed by atoms with Gasteiger partial charge in [-0.1, -0.05) is 11.3 Å². The van der Waals surface area contributed by atoms with Crippen molar-refractivity contribution in [1.29, 1.82) is 0 Å². The van der Waals surface area contributed by atoms with Crippen molar-refractivity contribution in [1.82, 2.24) is 0 Å². The summed E-state index contributed by atoms with van der Waals surface area (Å²) in [6, 6.07) is 10.5. The Bertz CT molecular complexity index is 706. The van der Waals surface area contributed by atoms with E-state index in [0.29, 0.717) is 10.6 Å². The highest BCUT2D eigenvalue weighted by Gasteiger charge is 2.16. The molecule has 0 spiro atoms. The first-order valence-electron chi connectivity index (χ1n) is 7.54. The highest BCUT2D eigenvalue weighted by Crippen LogP contribution is 2.26. The van der Waals surface area contributed by atoms with Gasteiger partial charge >= 0.3 is 5.00 Å². The number of nitrogens with one attached hydrogen (secondary N) is 1. The Morgan fingerprint density at radius 3 is 2.39 bits per heavy atom. The van der Waals surface area contributed by atoms with Crippen molar-refractivity contribution in [2.75, 3.05) is 23.3 Å². The van der Waals surface area contributed by atoms with Gasteiger partial charge in [0.2, 0.25) is 0 Å². The monoisotopic (exact) mass is 331 g/mol. The third kappa shape index (κ3) is 3.68.